The first-order chi connectivity index (χ1) is 15.4. The zero-order valence-electron chi connectivity index (χ0n) is 17.7. The molecule has 0 saturated carbocycles. The van der Waals surface area contributed by atoms with Crippen molar-refractivity contribution in [2.24, 2.45) is 7.05 Å². The number of halogens is 1. The Morgan fingerprint density at radius 2 is 1.88 bits per heavy atom. The molecule has 0 bridgehead atoms. The lowest BCUT2D eigenvalue weighted by atomic mass is 10.2. The number of thioether (sulfide) groups is 1. The molecule has 3 aromatic rings. The van der Waals surface area contributed by atoms with Gasteiger partial charge in [0.1, 0.15) is 5.82 Å². The number of rotatable bonds is 9. The van der Waals surface area contributed by atoms with Crippen molar-refractivity contribution in [1.29, 1.82) is 0 Å². The number of hydrogen-bond donors (Lipinski definition) is 2. The normalized spacial score (nSPS) is 10.5. The van der Waals surface area contributed by atoms with Crippen LogP contribution in [0.2, 0.25) is 0 Å². The Morgan fingerprint density at radius 1 is 1.09 bits per heavy atom. The highest BCUT2D eigenvalue weighted by Gasteiger charge is 2.15. The van der Waals surface area contributed by atoms with Gasteiger partial charge < -0.3 is 24.7 Å². The smallest absolute Gasteiger partial charge is 0.251 e. The molecular formula is C21H22FN5O4S. The molecule has 0 saturated heterocycles. The first-order valence-corrected chi connectivity index (χ1v) is 10.5. The van der Waals surface area contributed by atoms with Gasteiger partial charge in [-0.25, -0.2) is 4.39 Å². The lowest BCUT2D eigenvalue weighted by Crippen LogP contribution is -2.24. The van der Waals surface area contributed by atoms with E-state index in [1.165, 1.54) is 44.2 Å². The second-order valence-electron chi connectivity index (χ2n) is 6.56. The van der Waals surface area contributed by atoms with Gasteiger partial charge in [0, 0.05) is 18.3 Å². The van der Waals surface area contributed by atoms with E-state index < -0.39 is 5.82 Å². The summed E-state index contributed by atoms with van der Waals surface area (Å²) in [7, 11) is 4.76. The molecule has 2 aromatic carbocycles. The van der Waals surface area contributed by atoms with Crippen molar-refractivity contribution in [3.8, 4) is 11.5 Å². The zero-order valence-corrected chi connectivity index (χ0v) is 18.5. The molecule has 0 radical (unpaired) electrons. The van der Waals surface area contributed by atoms with Crippen molar-refractivity contribution >= 4 is 29.3 Å². The summed E-state index contributed by atoms with van der Waals surface area (Å²) in [5.41, 5.74) is 0.792. The van der Waals surface area contributed by atoms with E-state index in [1.54, 1.807) is 35.9 Å². The van der Waals surface area contributed by atoms with Gasteiger partial charge in [-0.3, -0.25) is 9.59 Å². The van der Waals surface area contributed by atoms with Crippen molar-refractivity contribution in [1.82, 2.24) is 20.1 Å². The van der Waals surface area contributed by atoms with Gasteiger partial charge in [0.05, 0.1) is 26.5 Å². The highest BCUT2D eigenvalue weighted by Crippen LogP contribution is 2.27. The monoisotopic (exact) mass is 459 g/mol. The fourth-order valence-corrected chi connectivity index (χ4v) is 3.49. The maximum Gasteiger partial charge on any atom is 0.251 e. The second-order valence-corrected chi connectivity index (χ2v) is 7.50. The Labute approximate surface area is 188 Å². The van der Waals surface area contributed by atoms with E-state index in [4.69, 9.17) is 9.47 Å². The molecule has 9 nitrogen and oxygen atoms in total. The maximum absolute atomic E-state index is 13.2. The van der Waals surface area contributed by atoms with Crippen LogP contribution in [0.5, 0.6) is 11.5 Å². The third-order valence-corrected chi connectivity index (χ3v) is 5.44. The Kier molecular flexibility index (Phi) is 7.66. The number of anilines is 1. The molecule has 2 amide bonds. The summed E-state index contributed by atoms with van der Waals surface area (Å²) < 4.78 is 25.3. The summed E-state index contributed by atoms with van der Waals surface area (Å²) in [4.78, 5) is 24.6. The minimum absolute atomic E-state index is 0.0699. The van der Waals surface area contributed by atoms with E-state index in [0.29, 0.717) is 33.7 Å². The molecule has 0 spiro atoms. The number of aromatic nitrogens is 3. The van der Waals surface area contributed by atoms with Crippen LogP contribution in [-0.4, -0.2) is 46.6 Å². The highest BCUT2D eigenvalue weighted by molar-refractivity contribution is 7.99. The average Bonchev–Trinajstić information content (AvgIpc) is 3.14. The number of benzene rings is 2. The largest absolute Gasteiger partial charge is 0.493 e. The third-order valence-electron chi connectivity index (χ3n) is 4.42. The SMILES string of the molecule is COc1ccc(C(=O)NCc2nnc(SCC(=O)Nc3cccc(F)c3)n2C)cc1OC. The number of amides is 2. The molecule has 32 heavy (non-hydrogen) atoms. The van der Waals surface area contributed by atoms with Gasteiger partial charge in [0.2, 0.25) is 5.91 Å². The molecule has 1 aromatic heterocycles. The van der Waals surface area contributed by atoms with Crippen LogP contribution in [0.1, 0.15) is 16.2 Å². The predicted octanol–water partition coefficient (Wildman–Crippen LogP) is 2.63. The van der Waals surface area contributed by atoms with Gasteiger partial charge in [-0.1, -0.05) is 17.8 Å². The molecule has 11 heteroatoms. The van der Waals surface area contributed by atoms with E-state index in [2.05, 4.69) is 20.8 Å². The van der Waals surface area contributed by atoms with Crippen molar-refractivity contribution in [2.45, 2.75) is 11.7 Å². The molecule has 0 aliphatic rings. The zero-order chi connectivity index (χ0) is 23.1. The molecule has 0 atom stereocenters. The molecule has 0 unspecified atom stereocenters. The third kappa shape index (κ3) is 5.76. The highest BCUT2D eigenvalue weighted by atomic mass is 32.2. The van der Waals surface area contributed by atoms with Crippen LogP contribution in [0.4, 0.5) is 10.1 Å². The van der Waals surface area contributed by atoms with Gasteiger partial charge in [-0.2, -0.15) is 0 Å². The van der Waals surface area contributed by atoms with E-state index in [1.807, 2.05) is 0 Å². The lowest BCUT2D eigenvalue weighted by molar-refractivity contribution is -0.113. The van der Waals surface area contributed by atoms with Crippen LogP contribution in [0.25, 0.3) is 0 Å². The van der Waals surface area contributed by atoms with Gasteiger partial charge >= 0.3 is 0 Å². The number of nitrogens with one attached hydrogen (secondary N) is 2. The van der Waals surface area contributed by atoms with Crippen LogP contribution in [0.15, 0.2) is 47.6 Å². The molecule has 0 aliphatic heterocycles. The molecule has 168 valence electrons. The Balaban J connectivity index is 1.54. The van der Waals surface area contributed by atoms with Crippen LogP contribution in [0.3, 0.4) is 0 Å². The molecule has 3 rings (SSSR count). The van der Waals surface area contributed by atoms with Crippen molar-refractivity contribution in [2.75, 3.05) is 25.3 Å². The van der Waals surface area contributed by atoms with Gasteiger partial charge in [0.15, 0.2) is 22.5 Å². The van der Waals surface area contributed by atoms with Crippen molar-refractivity contribution in [3.63, 3.8) is 0 Å². The number of ether oxygens (including phenoxy) is 2. The first kappa shape index (κ1) is 23.1. The number of carbonyl (C=O) groups is 2. The van der Waals surface area contributed by atoms with E-state index in [0.717, 1.165) is 0 Å². The second kappa shape index (κ2) is 10.6. The first-order valence-electron chi connectivity index (χ1n) is 9.48. The van der Waals surface area contributed by atoms with E-state index >= 15 is 0 Å². The summed E-state index contributed by atoms with van der Waals surface area (Å²) in [6.07, 6.45) is 0. The van der Waals surface area contributed by atoms with Crippen molar-refractivity contribution < 1.29 is 23.5 Å². The van der Waals surface area contributed by atoms with Crippen LogP contribution >= 0.6 is 11.8 Å². The van der Waals surface area contributed by atoms with Gasteiger partial charge in [-0.05, 0) is 36.4 Å². The molecule has 0 fully saturated rings. The van der Waals surface area contributed by atoms with Crippen LogP contribution in [-0.2, 0) is 18.4 Å². The van der Waals surface area contributed by atoms with Gasteiger partial charge in [0.25, 0.3) is 5.91 Å². The predicted molar refractivity (Wildman–Crippen MR) is 117 cm³/mol. The van der Waals surface area contributed by atoms with Gasteiger partial charge in [-0.15, -0.1) is 10.2 Å². The van der Waals surface area contributed by atoms with Crippen LogP contribution in [0, 0.1) is 5.82 Å². The minimum atomic E-state index is -0.427. The summed E-state index contributed by atoms with van der Waals surface area (Å²) >= 11 is 1.18. The molecular weight excluding hydrogens is 437 g/mol. The Morgan fingerprint density at radius 3 is 2.59 bits per heavy atom. The summed E-state index contributed by atoms with van der Waals surface area (Å²) in [6, 6.07) is 10.5. The Bertz CT molecular complexity index is 1120. The summed E-state index contributed by atoms with van der Waals surface area (Å²) in [6.45, 7) is 0.146. The molecule has 2 N–H and O–H groups in total. The van der Waals surface area contributed by atoms with Crippen molar-refractivity contribution in [3.05, 3.63) is 59.7 Å². The molecule has 1 heterocycles. The standard InChI is InChI=1S/C21H22FN5O4S/c1-27-18(11-23-20(29)13-7-8-16(30-2)17(9-13)31-3)25-26-21(27)32-12-19(28)24-15-6-4-5-14(22)10-15/h4-10H,11-12H2,1-3H3,(H,23,29)(H,24,28). The van der Waals surface area contributed by atoms with Crippen LogP contribution < -0.4 is 20.1 Å². The Hall–Kier alpha value is -3.60. The van der Waals surface area contributed by atoms with E-state index in [-0.39, 0.29) is 24.1 Å². The van der Waals surface area contributed by atoms with E-state index in [9.17, 15) is 14.0 Å². The number of nitrogens with zero attached hydrogens (tertiary/aromatic N) is 3. The number of methoxy groups -OCH3 is 2. The average molecular weight is 460 g/mol. The molecule has 0 aliphatic carbocycles. The number of hydrogen-bond acceptors (Lipinski definition) is 7. The summed E-state index contributed by atoms with van der Waals surface area (Å²) in [5.74, 6) is 0.537. The number of carbonyl (C=O) groups excluding carboxylic acids is 2. The fraction of sp³-hybridized carbons (Fsp3) is 0.238. The topological polar surface area (TPSA) is 107 Å². The summed E-state index contributed by atoms with van der Waals surface area (Å²) in [5, 5.41) is 14.0. The minimum Gasteiger partial charge on any atom is -0.493 e. The fourth-order valence-electron chi connectivity index (χ4n) is 2.76. The lowest BCUT2D eigenvalue weighted by Gasteiger charge is -2.10. The maximum atomic E-state index is 13.2. The quantitative estimate of drug-likeness (QED) is 0.474.